The first-order chi connectivity index (χ1) is 13.9. The summed E-state index contributed by atoms with van der Waals surface area (Å²) in [5.41, 5.74) is 7.47. The van der Waals surface area contributed by atoms with E-state index in [9.17, 15) is 9.59 Å². The Morgan fingerprint density at radius 3 is 2.41 bits per heavy atom. The van der Waals surface area contributed by atoms with Crippen molar-refractivity contribution in [2.75, 3.05) is 13.7 Å². The van der Waals surface area contributed by atoms with Crippen molar-refractivity contribution in [2.45, 2.75) is 13.8 Å². The van der Waals surface area contributed by atoms with Gasteiger partial charge in [-0.1, -0.05) is 36.4 Å². The van der Waals surface area contributed by atoms with E-state index in [-0.39, 0.29) is 11.7 Å². The van der Waals surface area contributed by atoms with Gasteiger partial charge in [-0.25, -0.2) is 0 Å². The van der Waals surface area contributed by atoms with Gasteiger partial charge in [0.1, 0.15) is 11.5 Å². The van der Waals surface area contributed by atoms with Crippen molar-refractivity contribution in [3.05, 3.63) is 65.2 Å². The second-order valence-electron chi connectivity index (χ2n) is 6.08. The topological polar surface area (TPSA) is 88.7 Å². The largest absolute Gasteiger partial charge is 0.496 e. The highest BCUT2D eigenvalue weighted by atomic mass is 32.1. The molecule has 8 heteroatoms. The number of aryl methyl sites for hydroxylation is 2. The van der Waals surface area contributed by atoms with E-state index in [0.29, 0.717) is 11.5 Å². The van der Waals surface area contributed by atoms with Crippen LogP contribution in [0.1, 0.15) is 16.7 Å². The highest BCUT2D eigenvalue weighted by Crippen LogP contribution is 2.22. The molecule has 0 saturated heterocycles. The predicted molar refractivity (Wildman–Crippen MR) is 115 cm³/mol. The molecule has 2 amide bonds. The van der Waals surface area contributed by atoms with Crippen molar-refractivity contribution >= 4 is 35.2 Å². The number of hydrogen-bond acceptors (Lipinski definition) is 5. The Bertz CT molecular complexity index is 908. The van der Waals surface area contributed by atoms with Gasteiger partial charge in [-0.3, -0.25) is 25.8 Å². The zero-order valence-electron chi connectivity index (χ0n) is 16.4. The van der Waals surface area contributed by atoms with Gasteiger partial charge in [-0.05, 0) is 49.3 Å². The van der Waals surface area contributed by atoms with Crippen molar-refractivity contribution in [1.82, 2.24) is 16.2 Å². The van der Waals surface area contributed by atoms with Gasteiger partial charge >= 0.3 is 0 Å². The van der Waals surface area contributed by atoms with Crippen LogP contribution in [0.2, 0.25) is 0 Å². The molecule has 0 heterocycles. The Kier molecular flexibility index (Phi) is 8.17. The number of amides is 2. The molecule has 7 nitrogen and oxygen atoms in total. The fourth-order valence-corrected chi connectivity index (χ4v) is 2.63. The number of carbonyl (C=O) groups is 2. The molecule has 0 aliphatic carbocycles. The normalized spacial score (nSPS) is 10.3. The summed E-state index contributed by atoms with van der Waals surface area (Å²) in [6, 6.07) is 13.0. The van der Waals surface area contributed by atoms with E-state index in [1.54, 1.807) is 19.3 Å². The summed E-state index contributed by atoms with van der Waals surface area (Å²) in [5.74, 6) is 0.427. The first kappa shape index (κ1) is 21.9. The van der Waals surface area contributed by atoms with Crippen molar-refractivity contribution in [3.63, 3.8) is 0 Å². The predicted octanol–water partition coefficient (Wildman–Crippen LogP) is 2.43. The van der Waals surface area contributed by atoms with E-state index >= 15 is 0 Å². The summed E-state index contributed by atoms with van der Waals surface area (Å²) >= 11 is 4.99. The molecule has 0 atom stereocenters. The number of ether oxygens (including phenoxy) is 2. The molecule has 0 aliphatic heterocycles. The average Bonchev–Trinajstić information content (AvgIpc) is 2.70. The van der Waals surface area contributed by atoms with Crippen molar-refractivity contribution in [1.29, 1.82) is 0 Å². The van der Waals surface area contributed by atoms with Crippen LogP contribution in [-0.2, 0) is 9.59 Å². The van der Waals surface area contributed by atoms with Crippen LogP contribution in [-0.4, -0.2) is 30.6 Å². The molecule has 3 N–H and O–H groups in total. The fourth-order valence-electron chi connectivity index (χ4n) is 2.48. The molecule has 29 heavy (non-hydrogen) atoms. The van der Waals surface area contributed by atoms with Crippen LogP contribution in [0.5, 0.6) is 11.5 Å². The molecule has 2 aromatic rings. The Balaban J connectivity index is 1.76. The molecule has 2 aromatic carbocycles. The molecule has 0 unspecified atom stereocenters. The molecule has 0 saturated carbocycles. The summed E-state index contributed by atoms with van der Waals surface area (Å²) in [5, 5.41) is 2.39. The molecule has 0 bridgehead atoms. The lowest BCUT2D eigenvalue weighted by Crippen LogP contribution is -2.49. The molecule has 0 radical (unpaired) electrons. The van der Waals surface area contributed by atoms with Gasteiger partial charge in [-0.2, -0.15) is 0 Å². The Labute approximate surface area is 175 Å². The SMILES string of the molecule is COc1ccccc1/C=C/C(=O)NC(=S)NNC(=O)COc1c(C)cccc1C. The first-order valence-corrected chi connectivity index (χ1v) is 9.21. The zero-order chi connectivity index (χ0) is 21.2. The summed E-state index contributed by atoms with van der Waals surface area (Å²) < 4.78 is 10.8. The van der Waals surface area contributed by atoms with E-state index in [2.05, 4.69) is 16.2 Å². The summed E-state index contributed by atoms with van der Waals surface area (Å²) in [4.78, 5) is 23.9. The Morgan fingerprint density at radius 2 is 1.72 bits per heavy atom. The van der Waals surface area contributed by atoms with Gasteiger partial charge in [0.2, 0.25) is 5.91 Å². The summed E-state index contributed by atoms with van der Waals surface area (Å²) in [7, 11) is 1.55. The van der Waals surface area contributed by atoms with Crippen LogP contribution < -0.4 is 25.6 Å². The van der Waals surface area contributed by atoms with E-state index in [0.717, 1.165) is 16.7 Å². The number of methoxy groups -OCH3 is 1. The third kappa shape index (κ3) is 6.93. The Morgan fingerprint density at radius 1 is 1.03 bits per heavy atom. The second-order valence-corrected chi connectivity index (χ2v) is 6.48. The molecule has 0 aromatic heterocycles. The molecule has 152 valence electrons. The number of para-hydroxylation sites is 2. The highest BCUT2D eigenvalue weighted by Gasteiger charge is 2.08. The van der Waals surface area contributed by atoms with E-state index in [4.69, 9.17) is 21.7 Å². The van der Waals surface area contributed by atoms with Crippen LogP contribution in [0.15, 0.2) is 48.5 Å². The Hall–Kier alpha value is -3.39. The van der Waals surface area contributed by atoms with Gasteiger partial charge in [0.05, 0.1) is 7.11 Å². The number of hydrazine groups is 1. The van der Waals surface area contributed by atoms with Crippen LogP contribution in [0.25, 0.3) is 6.08 Å². The smallest absolute Gasteiger partial charge is 0.276 e. The number of benzene rings is 2. The van der Waals surface area contributed by atoms with Gasteiger partial charge in [0.15, 0.2) is 11.7 Å². The van der Waals surface area contributed by atoms with Crippen molar-refractivity contribution in [2.24, 2.45) is 0 Å². The maximum Gasteiger partial charge on any atom is 0.276 e. The first-order valence-electron chi connectivity index (χ1n) is 8.80. The molecule has 0 aliphatic rings. The minimum atomic E-state index is -0.450. The molecule has 0 spiro atoms. The quantitative estimate of drug-likeness (QED) is 0.383. The maximum absolute atomic E-state index is 12.0. The lowest BCUT2D eigenvalue weighted by molar-refractivity contribution is -0.123. The van der Waals surface area contributed by atoms with Crippen molar-refractivity contribution < 1.29 is 19.1 Å². The monoisotopic (exact) mass is 413 g/mol. The third-order valence-electron chi connectivity index (χ3n) is 3.86. The standard InChI is InChI=1S/C21H23N3O4S/c1-14-7-6-8-15(2)20(14)28-13-19(26)23-24-21(29)22-18(25)12-11-16-9-4-5-10-17(16)27-3/h4-12H,13H2,1-3H3,(H,23,26)(H2,22,24,25,29)/b12-11+. The minimum Gasteiger partial charge on any atom is -0.496 e. The minimum absolute atomic E-state index is 0.0416. The van der Waals surface area contributed by atoms with E-state index < -0.39 is 11.8 Å². The van der Waals surface area contributed by atoms with Gasteiger partial charge in [0, 0.05) is 11.6 Å². The molecular formula is C21H23N3O4S. The lowest BCUT2D eigenvalue weighted by atomic mass is 10.1. The van der Waals surface area contributed by atoms with Crippen LogP contribution in [0, 0.1) is 13.8 Å². The number of hydrogen-bond donors (Lipinski definition) is 3. The van der Waals surface area contributed by atoms with Gasteiger partial charge in [0.25, 0.3) is 5.91 Å². The fraction of sp³-hybridized carbons (Fsp3) is 0.190. The average molecular weight is 413 g/mol. The molecule has 2 rings (SSSR count). The highest BCUT2D eigenvalue weighted by molar-refractivity contribution is 7.80. The number of thiocarbonyl (C=S) groups is 1. The van der Waals surface area contributed by atoms with Gasteiger partial charge < -0.3 is 9.47 Å². The zero-order valence-corrected chi connectivity index (χ0v) is 17.3. The van der Waals surface area contributed by atoms with Gasteiger partial charge in [-0.15, -0.1) is 0 Å². The maximum atomic E-state index is 12.0. The number of rotatable bonds is 6. The summed E-state index contributed by atoms with van der Waals surface area (Å²) in [6.07, 6.45) is 2.92. The lowest BCUT2D eigenvalue weighted by Gasteiger charge is -2.13. The number of carbonyl (C=O) groups excluding carboxylic acids is 2. The van der Waals surface area contributed by atoms with E-state index in [1.807, 2.05) is 50.2 Å². The molecular weight excluding hydrogens is 390 g/mol. The number of nitrogens with one attached hydrogen (secondary N) is 3. The van der Waals surface area contributed by atoms with E-state index in [1.165, 1.54) is 6.08 Å². The van der Waals surface area contributed by atoms with Crippen molar-refractivity contribution in [3.8, 4) is 11.5 Å². The third-order valence-corrected chi connectivity index (χ3v) is 4.07. The van der Waals surface area contributed by atoms with Crippen LogP contribution in [0.3, 0.4) is 0 Å². The van der Waals surface area contributed by atoms with Crippen LogP contribution >= 0.6 is 12.2 Å². The second kappa shape index (κ2) is 10.8. The molecule has 0 fully saturated rings. The summed E-state index contributed by atoms with van der Waals surface area (Å²) in [6.45, 7) is 3.62. The van der Waals surface area contributed by atoms with Crippen LogP contribution in [0.4, 0.5) is 0 Å².